The predicted molar refractivity (Wildman–Crippen MR) is 244 cm³/mol. The van der Waals surface area contributed by atoms with Crippen molar-refractivity contribution in [3.63, 3.8) is 0 Å². The average Bonchev–Trinajstić information content (AvgIpc) is 3.94. The van der Waals surface area contributed by atoms with Gasteiger partial charge in [-0.2, -0.15) is 28.4 Å². The number of benzene rings is 2. The zero-order valence-electron chi connectivity index (χ0n) is 39.1. The number of ether oxygens (including phenoxy) is 5. The summed E-state index contributed by atoms with van der Waals surface area (Å²) < 4.78 is 107. The molecule has 0 aliphatic carbocycles. The molecule has 7 rings (SSSR count). The Morgan fingerprint density at radius 2 is 1.65 bits per heavy atom. The monoisotopic (exact) mass is 973 g/mol. The molecule has 0 saturated carbocycles. The molecule has 2 bridgehead atoms. The van der Waals surface area contributed by atoms with Crippen LogP contribution in [0.4, 0.5) is 42.4 Å². The van der Waals surface area contributed by atoms with Crippen molar-refractivity contribution >= 4 is 61.3 Å². The Bertz CT molecular complexity index is 2580. The van der Waals surface area contributed by atoms with Crippen molar-refractivity contribution in [2.24, 2.45) is 0 Å². The van der Waals surface area contributed by atoms with Gasteiger partial charge in [0.05, 0.1) is 35.0 Å². The van der Waals surface area contributed by atoms with Crippen LogP contribution in [0.2, 0.25) is 0 Å². The van der Waals surface area contributed by atoms with Gasteiger partial charge >= 0.3 is 30.3 Å². The highest BCUT2D eigenvalue weighted by Gasteiger charge is 2.46. The summed E-state index contributed by atoms with van der Waals surface area (Å²) in [5.41, 5.74) is -5.53. The van der Waals surface area contributed by atoms with Crippen LogP contribution < -0.4 is 15.0 Å². The summed E-state index contributed by atoms with van der Waals surface area (Å²) in [6.07, 6.45) is -2.40. The Kier molecular flexibility index (Phi) is 14.9. The van der Waals surface area contributed by atoms with Gasteiger partial charge in [-0.15, -0.1) is 11.3 Å². The summed E-state index contributed by atoms with van der Waals surface area (Å²) in [5.74, 6) is -2.67. The quantitative estimate of drug-likeness (QED) is 0.0549. The van der Waals surface area contributed by atoms with Crippen molar-refractivity contribution < 1.29 is 60.0 Å². The molecule has 3 aliphatic heterocycles. The number of anilines is 2. The maximum Gasteiger partial charge on any atom is 0.417 e. The lowest BCUT2D eigenvalue weighted by Gasteiger charge is -2.42. The van der Waals surface area contributed by atoms with Crippen LogP contribution in [-0.4, -0.2) is 120 Å². The lowest BCUT2D eigenvalue weighted by Crippen LogP contribution is -2.57. The minimum atomic E-state index is -5.20. The molecule has 0 radical (unpaired) electrons. The number of carbonyl (C=O) groups is 3. The standard InChI is InChI=1S/C47H56F5N7O8S/c1-45(2,3)66-43(61)56-41-31(22-53)35-29(15-16-33(48)39(35)68-41)36-32(47(50,51)52)21-30-38(37(36)49)54-42(65-25-28-11-8-17-57(28)18-10-20-64-19-9-12-34(60)63-7)55-40(30)58-23-26-13-14-27(24-58)59(26)44(62)67-46(4,5)6/h15-16,21,26-28H,8-14,17-20,23-25H2,1-7H3,(H,56,61)/t26?,27?,28-/m0/s1. The Hall–Kier alpha value is -5.59. The van der Waals surface area contributed by atoms with E-state index in [2.05, 4.69) is 24.9 Å². The van der Waals surface area contributed by atoms with Gasteiger partial charge in [-0.1, -0.05) is 6.07 Å². The van der Waals surface area contributed by atoms with E-state index >= 15 is 22.0 Å². The summed E-state index contributed by atoms with van der Waals surface area (Å²) in [4.78, 5) is 52.3. The molecule has 68 heavy (non-hydrogen) atoms. The molecule has 3 saturated heterocycles. The zero-order valence-corrected chi connectivity index (χ0v) is 39.9. The average molecular weight is 974 g/mol. The summed E-state index contributed by atoms with van der Waals surface area (Å²) in [6.45, 7) is 12.7. The molecule has 21 heteroatoms. The molecule has 2 aromatic heterocycles. The molecule has 5 heterocycles. The summed E-state index contributed by atoms with van der Waals surface area (Å²) in [5, 5.41) is 11.9. The van der Waals surface area contributed by atoms with E-state index in [-0.39, 0.29) is 70.4 Å². The van der Waals surface area contributed by atoms with Crippen LogP contribution in [0.25, 0.3) is 32.1 Å². The van der Waals surface area contributed by atoms with Gasteiger partial charge in [0.25, 0.3) is 0 Å². The molecule has 3 fully saturated rings. The number of nitrogens with zero attached hydrogens (tertiary/aromatic N) is 6. The van der Waals surface area contributed by atoms with Gasteiger partial charge in [0, 0.05) is 61.6 Å². The fourth-order valence-corrected chi connectivity index (χ4v) is 10.2. The number of carbonyl (C=O) groups excluding carboxylic acids is 3. The van der Waals surface area contributed by atoms with E-state index in [1.165, 1.54) is 7.11 Å². The van der Waals surface area contributed by atoms with E-state index in [1.54, 1.807) is 51.3 Å². The van der Waals surface area contributed by atoms with Crippen LogP contribution in [0, 0.1) is 23.0 Å². The van der Waals surface area contributed by atoms with Crippen molar-refractivity contribution in [2.45, 2.75) is 122 Å². The maximum atomic E-state index is 17.7. The first-order valence-electron chi connectivity index (χ1n) is 22.6. The number of halogens is 5. The van der Waals surface area contributed by atoms with Crippen LogP contribution in [0.5, 0.6) is 6.01 Å². The first-order valence-corrected chi connectivity index (χ1v) is 23.4. The molecule has 4 aromatic rings. The molecule has 2 unspecified atom stereocenters. The number of thiophene rings is 1. The Balaban J connectivity index is 1.28. The number of hydrogen-bond acceptors (Lipinski definition) is 14. The number of esters is 1. The van der Waals surface area contributed by atoms with Gasteiger partial charge in [-0.25, -0.2) is 18.4 Å². The number of piperazine rings is 1. The normalized spacial score (nSPS) is 18.8. The third-order valence-electron chi connectivity index (χ3n) is 11.9. The molecule has 1 N–H and O–H groups in total. The highest BCUT2D eigenvalue weighted by Crippen LogP contribution is 2.49. The zero-order chi connectivity index (χ0) is 49.3. The number of fused-ring (bicyclic) bond motifs is 4. The summed E-state index contributed by atoms with van der Waals surface area (Å²) in [6, 6.07) is 3.29. The summed E-state index contributed by atoms with van der Waals surface area (Å²) in [7, 11) is 1.34. The van der Waals surface area contributed by atoms with Crippen LogP contribution >= 0.6 is 11.3 Å². The molecular formula is C47H56F5N7O8S. The smallest absolute Gasteiger partial charge is 0.417 e. The Morgan fingerprint density at radius 1 is 0.956 bits per heavy atom. The second-order valence-corrected chi connectivity index (χ2v) is 20.2. The maximum absolute atomic E-state index is 17.7. The SMILES string of the molecule is COC(=O)CCCOCCCN1CCC[C@H]1COc1nc(N2CC3CCC(C2)N3C(=O)OC(C)(C)C)c2cc(C(F)(F)F)c(-c3ccc(F)c4sc(NC(=O)OC(C)(C)C)c(C#N)c34)c(F)c2n1. The van der Waals surface area contributed by atoms with Gasteiger partial charge in [0.1, 0.15) is 46.0 Å². The largest absolute Gasteiger partial charge is 0.469 e. The molecule has 3 aliphatic rings. The second-order valence-electron chi connectivity index (χ2n) is 19.1. The van der Waals surface area contributed by atoms with E-state index in [0.717, 1.165) is 37.6 Å². The molecule has 2 amide bonds. The van der Waals surface area contributed by atoms with E-state index < -0.39 is 81.1 Å². The van der Waals surface area contributed by atoms with Gasteiger partial charge in [-0.05, 0) is 104 Å². The lowest BCUT2D eigenvalue weighted by molar-refractivity contribution is -0.141. The number of nitriles is 1. The van der Waals surface area contributed by atoms with Gasteiger partial charge in [0.2, 0.25) is 0 Å². The third kappa shape index (κ3) is 11.3. The fourth-order valence-electron chi connectivity index (χ4n) is 9.08. The highest BCUT2D eigenvalue weighted by atomic mass is 32.1. The number of alkyl halides is 3. The number of likely N-dealkylation sites (tertiary alicyclic amines) is 1. The van der Waals surface area contributed by atoms with Gasteiger partial charge in [0.15, 0.2) is 5.82 Å². The molecular weight excluding hydrogens is 918 g/mol. The Morgan fingerprint density at radius 3 is 2.29 bits per heavy atom. The number of nitrogens with one attached hydrogen (secondary N) is 1. The van der Waals surface area contributed by atoms with Crippen molar-refractivity contribution in [1.29, 1.82) is 5.26 Å². The van der Waals surface area contributed by atoms with Crippen LogP contribution in [0.3, 0.4) is 0 Å². The van der Waals surface area contributed by atoms with E-state index in [9.17, 15) is 19.6 Å². The van der Waals surface area contributed by atoms with Crippen LogP contribution in [0.15, 0.2) is 18.2 Å². The second kappa shape index (κ2) is 20.2. The number of aromatic nitrogens is 2. The van der Waals surface area contributed by atoms with E-state index in [0.29, 0.717) is 56.8 Å². The molecule has 3 atom stereocenters. The van der Waals surface area contributed by atoms with Gasteiger partial charge < -0.3 is 28.6 Å². The topological polar surface area (TPSA) is 169 Å². The lowest BCUT2D eigenvalue weighted by atomic mass is 9.92. The molecule has 368 valence electrons. The minimum Gasteiger partial charge on any atom is -0.469 e. The number of hydrogen-bond donors (Lipinski definition) is 1. The van der Waals surface area contributed by atoms with Crippen LogP contribution in [-0.2, 0) is 29.9 Å². The number of amides is 2. The highest BCUT2D eigenvalue weighted by molar-refractivity contribution is 7.23. The van der Waals surface area contributed by atoms with E-state index in [1.807, 2.05) is 6.07 Å². The van der Waals surface area contributed by atoms with E-state index in [4.69, 9.17) is 18.9 Å². The molecule has 15 nitrogen and oxygen atoms in total. The molecule has 2 aromatic carbocycles. The predicted octanol–water partition coefficient (Wildman–Crippen LogP) is 9.82. The van der Waals surface area contributed by atoms with Crippen molar-refractivity contribution in [3.8, 4) is 23.2 Å². The summed E-state index contributed by atoms with van der Waals surface area (Å²) >= 11 is 0.597. The first kappa shape index (κ1) is 50.3. The van der Waals surface area contributed by atoms with Crippen molar-refractivity contribution in [2.75, 3.05) is 63.3 Å². The first-order chi connectivity index (χ1) is 32.1. The number of methoxy groups -OCH3 is 1. The van der Waals surface area contributed by atoms with Crippen molar-refractivity contribution in [3.05, 3.63) is 41.0 Å². The van der Waals surface area contributed by atoms with Crippen LogP contribution in [0.1, 0.15) is 97.6 Å². The fraction of sp³-hybridized carbons (Fsp3) is 0.574. The third-order valence-corrected chi connectivity index (χ3v) is 13.0. The molecule has 0 spiro atoms. The minimum absolute atomic E-state index is 0.0318. The number of rotatable bonds is 14. The Labute approximate surface area is 394 Å². The van der Waals surface area contributed by atoms with Crippen molar-refractivity contribution in [1.82, 2.24) is 19.8 Å². The van der Waals surface area contributed by atoms with Gasteiger partial charge in [-0.3, -0.25) is 19.9 Å².